The molecule has 0 aromatic carbocycles. The van der Waals surface area contributed by atoms with E-state index in [1.165, 1.54) is 0 Å². The summed E-state index contributed by atoms with van der Waals surface area (Å²) in [5.41, 5.74) is 3.31. The molecule has 4 rings (SSSR count). The van der Waals surface area contributed by atoms with Gasteiger partial charge < -0.3 is 13.7 Å². The van der Waals surface area contributed by atoms with Gasteiger partial charge in [0.2, 0.25) is 4.77 Å². The zero-order chi connectivity index (χ0) is 18.1. The molecular formula is C18H21N5O2S. The van der Waals surface area contributed by atoms with Crippen molar-refractivity contribution in [3.8, 4) is 0 Å². The van der Waals surface area contributed by atoms with Gasteiger partial charge in [-0.15, -0.1) is 0 Å². The number of furan rings is 1. The molecule has 0 radical (unpaired) electrons. The molecule has 1 aliphatic rings. The van der Waals surface area contributed by atoms with Crippen LogP contribution in [0.25, 0.3) is 0 Å². The Morgan fingerprint density at radius 2 is 2.35 bits per heavy atom. The molecule has 1 atom stereocenters. The summed E-state index contributed by atoms with van der Waals surface area (Å²) in [6, 6.07) is 5.99. The lowest BCUT2D eigenvalue weighted by Crippen LogP contribution is -2.06. The summed E-state index contributed by atoms with van der Waals surface area (Å²) in [6.07, 6.45) is 5.44. The maximum Gasteiger partial charge on any atom is 0.216 e. The van der Waals surface area contributed by atoms with Crippen molar-refractivity contribution in [2.45, 2.75) is 39.3 Å². The van der Waals surface area contributed by atoms with Crippen molar-refractivity contribution < 1.29 is 9.15 Å². The third-order valence-electron chi connectivity index (χ3n) is 4.71. The average molecular weight is 371 g/mol. The smallest absolute Gasteiger partial charge is 0.216 e. The molecule has 4 heterocycles. The summed E-state index contributed by atoms with van der Waals surface area (Å²) in [5, 5.41) is 11.7. The predicted octanol–water partition coefficient (Wildman–Crippen LogP) is 3.73. The number of nitrogens with zero attached hydrogens (tertiary/aromatic N) is 4. The quantitative estimate of drug-likeness (QED) is 0.548. The van der Waals surface area contributed by atoms with Crippen LogP contribution in [-0.4, -0.2) is 32.3 Å². The van der Waals surface area contributed by atoms with Crippen molar-refractivity contribution in [3.63, 3.8) is 0 Å². The lowest BCUT2D eigenvalue weighted by atomic mass is 10.2. The maximum absolute atomic E-state index is 5.71. The highest BCUT2D eigenvalue weighted by atomic mass is 32.1. The van der Waals surface area contributed by atoms with Gasteiger partial charge in [0.1, 0.15) is 11.9 Å². The molecule has 0 unspecified atom stereocenters. The second-order valence-corrected chi connectivity index (χ2v) is 6.82. The van der Waals surface area contributed by atoms with E-state index in [2.05, 4.69) is 39.8 Å². The van der Waals surface area contributed by atoms with Gasteiger partial charge >= 0.3 is 0 Å². The van der Waals surface area contributed by atoms with Crippen LogP contribution in [-0.2, 0) is 11.3 Å². The Labute approximate surface area is 156 Å². The molecule has 0 bridgehead atoms. The maximum atomic E-state index is 5.71. The molecule has 0 saturated carbocycles. The predicted molar refractivity (Wildman–Crippen MR) is 100 cm³/mol. The third kappa shape index (κ3) is 3.17. The van der Waals surface area contributed by atoms with Crippen molar-refractivity contribution in [1.29, 1.82) is 0 Å². The van der Waals surface area contributed by atoms with E-state index in [-0.39, 0.29) is 6.10 Å². The topological polar surface area (TPSA) is 73.3 Å². The molecular weight excluding hydrogens is 350 g/mol. The fourth-order valence-corrected chi connectivity index (χ4v) is 3.47. The Morgan fingerprint density at radius 3 is 3.08 bits per heavy atom. The summed E-state index contributed by atoms with van der Waals surface area (Å²) in [7, 11) is 0. The first-order valence-electron chi connectivity index (χ1n) is 8.66. The summed E-state index contributed by atoms with van der Waals surface area (Å²) in [4.78, 5) is 0. The first kappa shape index (κ1) is 17.0. The lowest BCUT2D eigenvalue weighted by Gasteiger charge is -2.08. The molecule has 0 spiro atoms. The Bertz CT molecular complexity index is 974. The first-order chi connectivity index (χ1) is 12.6. The van der Waals surface area contributed by atoms with Gasteiger partial charge in [0.25, 0.3) is 0 Å². The van der Waals surface area contributed by atoms with Gasteiger partial charge in [-0.1, -0.05) is 0 Å². The van der Waals surface area contributed by atoms with E-state index in [1.807, 2.05) is 18.3 Å². The van der Waals surface area contributed by atoms with Gasteiger partial charge in [-0.25, -0.2) is 0 Å². The first-order valence-corrected chi connectivity index (χ1v) is 9.06. The molecule has 3 aromatic rings. The number of ether oxygens (including phenoxy) is 1. The summed E-state index contributed by atoms with van der Waals surface area (Å²) < 4.78 is 15.5. The number of aromatic amines is 1. The highest BCUT2D eigenvalue weighted by molar-refractivity contribution is 7.71. The van der Waals surface area contributed by atoms with E-state index in [4.69, 9.17) is 21.4 Å². The van der Waals surface area contributed by atoms with E-state index >= 15 is 0 Å². The lowest BCUT2D eigenvalue weighted by molar-refractivity contribution is 0.102. The molecule has 0 amide bonds. The summed E-state index contributed by atoms with van der Waals surface area (Å²) in [5.74, 6) is 1.65. The Balaban J connectivity index is 1.62. The monoisotopic (exact) mass is 371 g/mol. The molecule has 8 heteroatoms. The number of hydrogen-bond acceptors (Lipinski definition) is 5. The van der Waals surface area contributed by atoms with Gasteiger partial charge in [-0.2, -0.15) is 14.9 Å². The SMILES string of the molecule is Cc1cc(/C=N\n2c([C@@H]3CCCO3)n[nH]c2=S)c(C)n1Cc1ccco1. The Kier molecular flexibility index (Phi) is 4.60. The van der Waals surface area contributed by atoms with Crippen molar-refractivity contribution >= 4 is 18.4 Å². The van der Waals surface area contributed by atoms with Crippen molar-refractivity contribution in [2.75, 3.05) is 6.61 Å². The number of aromatic nitrogens is 4. The summed E-state index contributed by atoms with van der Waals surface area (Å²) >= 11 is 5.32. The van der Waals surface area contributed by atoms with Gasteiger partial charge in [0, 0.05) is 23.6 Å². The number of aryl methyl sites for hydroxylation is 1. The van der Waals surface area contributed by atoms with E-state index in [1.54, 1.807) is 10.9 Å². The molecule has 1 N–H and O–H groups in total. The van der Waals surface area contributed by atoms with Crippen molar-refractivity contribution in [1.82, 2.24) is 19.4 Å². The molecule has 136 valence electrons. The zero-order valence-electron chi connectivity index (χ0n) is 14.8. The number of rotatable bonds is 5. The highest BCUT2D eigenvalue weighted by Gasteiger charge is 2.23. The highest BCUT2D eigenvalue weighted by Crippen LogP contribution is 2.27. The van der Waals surface area contributed by atoms with Crippen LogP contribution in [0.15, 0.2) is 34.0 Å². The summed E-state index contributed by atoms with van der Waals surface area (Å²) in [6.45, 7) is 5.61. The second kappa shape index (κ2) is 7.05. The van der Waals surface area contributed by atoms with Crippen LogP contribution in [0.4, 0.5) is 0 Å². The average Bonchev–Trinajstić information content (AvgIpc) is 3.39. The van der Waals surface area contributed by atoms with E-state index in [0.717, 1.165) is 48.0 Å². The molecule has 1 aliphatic heterocycles. The fraction of sp³-hybridized carbons (Fsp3) is 0.389. The molecule has 1 fully saturated rings. The van der Waals surface area contributed by atoms with Crippen LogP contribution in [0.2, 0.25) is 0 Å². The number of nitrogens with one attached hydrogen (secondary N) is 1. The molecule has 1 saturated heterocycles. The Hall–Kier alpha value is -2.45. The minimum absolute atomic E-state index is 0.0496. The van der Waals surface area contributed by atoms with Crippen LogP contribution >= 0.6 is 12.2 Å². The van der Waals surface area contributed by atoms with Gasteiger partial charge in [0.05, 0.1) is 19.0 Å². The largest absolute Gasteiger partial charge is 0.467 e. The zero-order valence-corrected chi connectivity index (χ0v) is 15.6. The van der Waals surface area contributed by atoms with E-state index < -0.39 is 0 Å². The Morgan fingerprint density at radius 1 is 1.46 bits per heavy atom. The van der Waals surface area contributed by atoms with Crippen LogP contribution in [0.5, 0.6) is 0 Å². The van der Waals surface area contributed by atoms with Gasteiger partial charge in [0.15, 0.2) is 5.82 Å². The van der Waals surface area contributed by atoms with Crippen LogP contribution in [0.3, 0.4) is 0 Å². The van der Waals surface area contributed by atoms with Crippen LogP contribution < -0.4 is 0 Å². The molecule has 3 aromatic heterocycles. The number of hydrogen-bond donors (Lipinski definition) is 1. The molecule has 26 heavy (non-hydrogen) atoms. The minimum Gasteiger partial charge on any atom is -0.467 e. The third-order valence-corrected chi connectivity index (χ3v) is 4.98. The van der Waals surface area contributed by atoms with Crippen molar-refractivity contribution in [3.05, 3.63) is 57.8 Å². The van der Waals surface area contributed by atoms with Crippen LogP contribution in [0.1, 0.15) is 47.5 Å². The minimum atomic E-state index is -0.0496. The number of H-pyrrole nitrogens is 1. The van der Waals surface area contributed by atoms with Crippen molar-refractivity contribution in [2.24, 2.45) is 5.10 Å². The van der Waals surface area contributed by atoms with E-state index in [9.17, 15) is 0 Å². The van der Waals surface area contributed by atoms with Gasteiger partial charge in [-0.3, -0.25) is 5.10 Å². The molecule has 7 nitrogen and oxygen atoms in total. The van der Waals surface area contributed by atoms with Crippen LogP contribution in [0, 0.1) is 18.6 Å². The fourth-order valence-electron chi connectivity index (χ4n) is 3.29. The standard InChI is InChI=1S/C18H21N5O2S/c1-12-9-14(13(2)22(12)11-15-5-3-7-24-15)10-19-23-17(20-21-18(23)26)16-6-4-8-25-16/h3,5,7,9-10,16H,4,6,8,11H2,1-2H3,(H,21,26)/b19-10-/t16-/m0/s1. The normalized spacial score (nSPS) is 17.5. The van der Waals surface area contributed by atoms with E-state index in [0.29, 0.717) is 11.3 Å². The molecule has 0 aliphatic carbocycles. The second-order valence-electron chi connectivity index (χ2n) is 6.44. The van der Waals surface area contributed by atoms with Gasteiger partial charge in [-0.05, 0) is 57.1 Å².